The van der Waals surface area contributed by atoms with Gasteiger partial charge in [0.05, 0.1) is 0 Å². The molecule has 0 aromatic carbocycles. The maximum absolute atomic E-state index is 11.3. The van der Waals surface area contributed by atoms with E-state index in [4.69, 9.17) is 5.11 Å². The van der Waals surface area contributed by atoms with Crippen LogP contribution in [-0.2, 0) is 14.4 Å². The lowest BCUT2D eigenvalue weighted by atomic mass is 9.96. The van der Waals surface area contributed by atoms with Gasteiger partial charge in [-0.3, -0.25) is 19.3 Å². The monoisotopic (exact) mass is 242 g/mol. The minimum atomic E-state index is -1.01. The molecule has 2 amide bonds. The first-order chi connectivity index (χ1) is 7.90. The van der Waals surface area contributed by atoms with E-state index in [1.807, 2.05) is 0 Å². The highest BCUT2D eigenvalue weighted by Crippen LogP contribution is 2.16. The minimum absolute atomic E-state index is 0.156. The van der Waals surface area contributed by atoms with Gasteiger partial charge in [-0.05, 0) is 26.8 Å². The molecule has 1 rings (SSSR count). The molecule has 0 bridgehead atoms. The molecular weight excluding hydrogens is 224 g/mol. The lowest BCUT2D eigenvalue weighted by Crippen LogP contribution is -2.48. The molecule has 6 nitrogen and oxygen atoms in total. The lowest BCUT2D eigenvalue weighted by Gasteiger charge is -2.25. The first-order valence-corrected chi connectivity index (χ1v) is 5.66. The fourth-order valence-electron chi connectivity index (χ4n) is 1.80. The first kappa shape index (κ1) is 13.6. The zero-order valence-electron chi connectivity index (χ0n) is 10.2. The van der Waals surface area contributed by atoms with E-state index in [1.54, 1.807) is 14.0 Å². The number of aliphatic carboxylic acids is 1. The van der Waals surface area contributed by atoms with E-state index in [-0.39, 0.29) is 24.7 Å². The number of carbonyl (C=O) groups excluding carboxylic acids is 2. The summed E-state index contributed by atoms with van der Waals surface area (Å²) in [6.45, 7) is 1.89. The number of likely N-dealkylation sites (tertiary alicyclic amines) is 1. The summed E-state index contributed by atoms with van der Waals surface area (Å²) in [5, 5.41) is 11.8. The Labute approximate surface area is 100.0 Å². The molecular formula is C11H18N2O4. The van der Waals surface area contributed by atoms with Gasteiger partial charge in [0.25, 0.3) is 0 Å². The van der Waals surface area contributed by atoms with Crippen molar-refractivity contribution in [3.05, 3.63) is 0 Å². The Kier molecular flexibility index (Phi) is 4.22. The van der Waals surface area contributed by atoms with Crippen molar-refractivity contribution in [1.29, 1.82) is 0 Å². The van der Waals surface area contributed by atoms with Crippen LogP contribution in [0.3, 0.4) is 0 Å². The summed E-state index contributed by atoms with van der Waals surface area (Å²) in [6.07, 6.45) is 1.42. The van der Waals surface area contributed by atoms with Crippen LogP contribution in [0.25, 0.3) is 0 Å². The van der Waals surface area contributed by atoms with Crippen LogP contribution in [0.2, 0.25) is 0 Å². The topological polar surface area (TPSA) is 86.7 Å². The minimum Gasteiger partial charge on any atom is -0.480 e. The SMILES string of the molecule is CNC(C)(CCCN1C(=O)CCC1=O)C(=O)O. The van der Waals surface area contributed by atoms with Crippen LogP contribution in [0.1, 0.15) is 32.6 Å². The molecule has 0 radical (unpaired) electrons. The number of carboxylic acids is 1. The summed E-state index contributed by atoms with van der Waals surface area (Å²) in [7, 11) is 1.58. The van der Waals surface area contributed by atoms with Crippen LogP contribution in [0, 0.1) is 0 Å². The summed E-state index contributed by atoms with van der Waals surface area (Å²) in [5.41, 5.74) is -1.01. The predicted octanol–water partition coefficient (Wildman–Crippen LogP) is -0.0217. The highest BCUT2D eigenvalue weighted by molar-refractivity contribution is 6.01. The van der Waals surface area contributed by atoms with E-state index >= 15 is 0 Å². The molecule has 17 heavy (non-hydrogen) atoms. The van der Waals surface area contributed by atoms with Crippen LogP contribution in [-0.4, -0.2) is 46.9 Å². The molecule has 1 atom stereocenters. The number of amides is 2. The zero-order valence-corrected chi connectivity index (χ0v) is 10.2. The van der Waals surface area contributed by atoms with E-state index in [9.17, 15) is 14.4 Å². The third-order valence-corrected chi connectivity index (χ3v) is 3.24. The van der Waals surface area contributed by atoms with Crippen LogP contribution >= 0.6 is 0 Å². The normalized spacial score (nSPS) is 19.5. The summed E-state index contributed by atoms with van der Waals surface area (Å²) in [6, 6.07) is 0. The molecule has 6 heteroatoms. The van der Waals surface area contributed by atoms with Crippen LogP contribution < -0.4 is 5.32 Å². The van der Waals surface area contributed by atoms with Crippen molar-refractivity contribution in [1.82, 2.24) is 10.2 Å². The van der Waals surface area contributed by atoms with Crippen LogP contribution in [0.4, 0.5) is 0 Å². The molecule has 1 fully saturated rings. The molecule has 1 unspecified atom stereocenters. The van der Waals surface area contributed by atoms with Gasteiger partial charge in [-0.2, -0.15) is 0 Å². The van der Waals surface area contributed by atoms with Gasteiger partial charge in [-0.15, -0.1) is 0 Å². The van der Waals surface area contributed by atoms with Gasteiger partial charge in [-0.25, -0.2) is 0 Å². The van der Waals surface area contributed by atoms with Gasteiger partial charge in [0.1, 0.15) is 5.54 Å². The average molecular weight is 242 g/mol. The molecule has 1 heterocycles. The van der Waals surface area contributed by atoms with Crippen molar-refractivity contribution < 1.29 is 19.5 Å². The van der Waals surface area contributed by atoms with Crippen molar-refractivity contribution in [2.24, 2.45) is 0 Å². The number of likely N-dealkylation sites (N-methyl/N-ethyl adjacent to an activating group) is 1. The summed E-state index contributed by atoms with van der Waals surface area (Å²) >= 11 is 0. The maximum Gasteiger partial charge on any atom is 0.323 e. The number of hydrogen-bond acceptors (Lipinski definition) is 4. The lowest BCUT2D eigenvalue weighted by molar-refractivity contribution is -0.144. The fraction of sp³-hybridized carbons (Fsp3) is 0.727. The molecule has 1 saturated heterocycles. The quantitative estimate of drug-likeness (QED) is 0.639. The molecule has 0 aromatic heterocycles. The fourth-order valence-corrected chi connectivity index (χ4v) is 1.80. The Bertz CT molecular complexity index is 326. The Hall–Kier alpha value is -1.43. The number of carboxylic acid groups (broad SMARTS) is 1. The summed E-state index contributed by atoms with van der Waals surface area (Å²) < 4.78 is 0. The third kappa shape index (κ3) is 3.03. The van der Waals surface area contributed by atoms with Gasteiger partial charge in [0.2, 0.25) is 11.8 Å². The summed E-state index contributed by atoms with van der Waals surface area (Å²) in [4.78, 5) is 34.9. The second-order valence-corrected chi connectivity index (χ2v) is 4.43. The van der Waals surface area contributed by atoms with Crippen molar-refractivity contribution in [3.8, 4) is 0 Å². The van der Waals surface area contributed by atoms with Gasteiger partial charge in [0.15, 0.2) is 0 Å². The second-order valence-electron chi connectivity index (χ2n) is 4.43. The van der Waals surface area contributed by atoms with Crippen molar-refractivity contribution in [2.75, 3.05) is 13.6 Å². The molecule has 1 aliphatic rings. The number of rotatable bonds is 6. The number of imide groups is 1. The number of nitrogens with one attached hydrogen (secondary N) is 1. The zero-order chi connectivity index (χ0) is 13.1. The van der Waals surface area contributed by atoms with E-state index in [2.05, 4.69) is 5.32 Å². The Morgan fingerprint density at radius 3 is 2.35 bits per heavy atom. The smallest absolute Gasteiger partial charge is 0.323 e. The molecule has 2 N–H and O–H groups in total. The third-order valence-electron chi connectivity index (χ3n) is 3.24. The van der Waals surface area contributed by atoms with Gasteiger partial charge in [0, 0.05) is 19.4 Å². The van der Waals surface area contributed by atoms with Crippen LogP contribution in [0.5, 0.6) is 0 Å². The Morgan fingerprint density at radius 1 is 1.41 bits per heavy atom. The van der Waals surface area contributed by atoms with E-state index in [1.165, 1.54) is 4.90 Å². The molecule has 0 aliphatic carbocycles. The van der Waals surface area contributed by atoms with E-state index in [0.717, 1.165) is 0 Å². The van der Waals surface area contributed by atoms with E-state index < -0.39 is 11.5 Å². The van der Waals surface area contributed by atoms with Gasteiger partial charge in [-0.1, -0.05) is 0 Å². The summed E-state index contributed by atoms with van der Waals surface area (Å²) in [5.74, 6) is -1.24. The molecule has 0 saturated carbocycles. The van der Waals surface area contributed by atoms with E-state index in [0.29, 0.717) is 19.4 Å². The highest BCUT2D eigenvalue weighted by atomic mass is 16.4. The molecule has 96 valence electrons. The maximum atomic E-state index is 11.3. The van der Waals surface area contributed by atoms with Crippen molar-refractivity contribution >= 4 is 17.8 Å². The Morgan fingerprint density at radius 2 is 1.94 bits per heavy atom. The van der Waals surface area contributed by atoms with Crippen molar-refractivity contribution in [2.45, 2.75) is 38.1 Å². The number of hydrogen-bond donors (Lipinski definition) is 2. The number of carbonyl (C=O) groups is 3. The Balaban J connectivity index is 2.44. The van der Waals surface area contributed by atoms with Crippen molar-refractivity contribution in [3.63, 3.8) is 0 Å². The standard InChI is InChI=1S/C11H18N2O4/c1-11(12-2,10(16)17)6-3-7-13-8(14)4-5-9(13)15/h12H,3-7H2,1-2H3,(H,16,17). The average Bonchev–Trinajstić information content (AvgIpc) is 2.59. The van der Waals surface area contributed by atoms with Crippen LogP contribution in [0.15, 0.2) is 0 Å². The number of nitrogens with zero attached hydrogens (tertiary/aromatic N) is 1. The predicted molar refractivity (Wildman–Crippen MR) is 60.3 cm³/mol. The van der Waals surface area contributed by atoms with Gasteiger partial charge < -0.3 is 10.4 Å². The first-order valence-electron chi connectivity index (χ1n) is 5.66. The second kappa shape index (κ2) is 5.27. The van der Waals surface area contributed by atoms with Gasteiger partial charge >= 0.3 is 5.97 Å². The highest BCUT2D eigenvalue weighted by Gasteiger charge is 2.32. The largest absolute Gasteiger partial charge is 0.480 e. The molecule has 1 aliphatic heterocycles. The molecule has 0 spiro atoms. The molecule has 0 aromatic rings.